The summed E-state index contributed by atoms with van der Waals surface area (Å²) in [5, 5.41) is 2.77. The van der Waals surface area contributed by atoms with E-state index in [1.54, 1.807) is 12.3 Å². The number of aryl methyl sites for hydroxylation is 1. The van der Waals surface area contributed by atoms with Crippen LogP contribution in [0, 0.1) is 6.92 Å². The summed E-state index contributed by atoms with van der Waals surface area (Å²) >= 11 is 6.70. The van der Waals surface area contributed by atoms with Gasteiger partial charge in [-0.15, -0.1) is 0 Å². The topological polar surface area (TPSA) is 42.0 Å². The van der Waals surface area contributed by atoms with Crippen molar-refractivity contribution in [3.63, 3.8) is 0 Å². The lowest BCUT2D eigenvalue weighted by Gasteiger charge is -2.07. The van der Waals surface area contributed by atoms with Gasteiger partial charge in [0.15, 0.2) is 0 Å². The van der Waals surface area contributed by atoms with Gasteiger partial charge in [-0.2, -0.15) is 0 Å². The van der Waals surface area contributed by atoms with Crippen LogP contribution in [0.5, 0.6) is 0 Å². The molecule has 3 nitrogen and oxygen atoms in total. The van der Waals surface area contributed by atoms with E-state index in [0.717, 1.165) is 14.5 Å². The van der Waals surface area contributed by atoms with Crippen LogP contribution < -0.4 is 5.32 Å². The smallest absolute Gasteiger partial charge is 0.258 e. The number of pyridine rings is 1. The number of halogens is 2. The predicted molar refractivity (Wildman–Crippen MR) is 78.8 cm³/mol. The SMILES string of the molecule is Cc1ccnc(NC(=O)c2cc(Br)ccc2Br)c1. The number of rotatable bonds is 2. The van der Waals surface area contributed by atoms with Crippen LogP contribution in [0.2, 0.25) is 0 Å². The molecule has 0 aliphatic heterocycles. The van der Waals surface area contributed by atoms with E-state index in [0.29, 0.717) is 11.4 Å². The number of carbonyl (C=O) groups is 1. The first kappa shape index (κ1) is 13.2. The molecule has 0 radical (unpaired) electrons. The number of carbonyl (C=O) groups excluding carboxylic acids is 1. The summed E-state index contributed by atoms with van der Waals surface area (Å²) < 4.78 is 1.60. The van der Waals surface area contributed by atoms with Crippen molar-refractivity contribution < 1.29 is 4.79 Å². The maximum absolute atomic E-state index is 12.1. The second-order valence-corrected chi connectivity index (χ2v) is 5.57. The predicted octanol–water partition coefficient (Wildman–Crippen LogP) is 4.17. The van der Waals surface area contributed by atoms with Crippen LogP contribution in [0.15, 0.2) is 45.5 Å². The Morgan fingerprint density at radius 2 is 2.00 bits per heavy atom. The van der Waals surface area contributed by atoms with Crippen LogP contribution in [-0.4, -0.2) is 10.9 Å². The van der Waals surface area contributed by atoms with Gasteiger partial charge in [0, 0.05) is 15.1 Å². The summed E-state index contributed by atoms with van der Waals surface area (Å²) in [6.45, 7) is 1.95. The third kappa shape index (κ3) is 3.17. The lowest BCUT2D eigenvalue weighted by molar-refractivity contribution is 0.102. The standard InChI is InChI=1S/C13H10Br2N2O/c1-8-4-5-16-12(6-8)17-13(18)10-7-9(14)2-3-11(10)15/h2-7H,1H3,(H,16,17,18). The molecule has 1 amide bonds. The molecule has 1 aromatic carbocycles. The van der Waals surface area contributed by atoms with Crippen LogP contribution in [0.25, 0.3) is 0 Å². The second-order valence-electron chi connectivity index (χ2n) is 3.80. The highest BCUT2D eigenvalue weighted by atomic mass is 79.9. The zero-order chi connectivity index (χ0) is 13.1. The minimum absolute atomic E-state index is 0.193. The monoisotopic (exact) mass is 368 g/mol. The number of aromatic nitrogens is 1. The van der Waals surface area contributed by atoms with E-state index in [2.05, 4.69) is 42.2 Å². The van der Waals surface area contributed by atoms with E-state index in [4.69, 9.17) is 0 Å². The summed E-state index contributed by atoms with van der Waals surface area (Å²) in [6, 6.07) is 9.15. The quantitative estimate of drug-likeness (QED) is 0.863. The average molecular weight is 370 g/mol. The Morgan fingerprint density at radius 3 is 2.72 bits per heavy atom. The van der Waals surface area contributed by atoms with Crippen LogP contribution in [0.1, 0.15) is 15.9 Å². The molecule has 1 aromatic heterocycles. The molecule has 5 heteroatoms. The number of hydrogen-bond donors (Lipinski definition) is 1. The highest BCUT2D eigenvalue weighted by molar-refractivity contribution is 9.11. The van der Waals surface area contributed by atoms with Crippen molar-refractivity contribution >= 4 is 43.6 Å². The van der Waals surface area contributed by atoms with Gasteiger partial charge < -0.3 is 5.32 Å². The lowest BCUT2D eigenvalue weighted by atomic mass is 10.2. The van der Waals surface area contributed by atoms with Gasteiger partial charge >= 0.3 is 0 Å². The van der Waals surface area contributed by atoms with E-state index in [1.165, 1.54) is 0 Å². The minimum Gasteiger partial charge on any atom is -0.307 e. The van der Waals surface area contributed by atoms with Crippen molar-refractivity contribution in [2.75, 3.05) is 5.32 Å². The highest BCUT2D eigenvalue weighted by Crippen LogP contribution is 2.22. The fourth-order valence-electron chi connectivity index (χ4n) is 1.46. The molecule has 0 spiro atoms. The molecule has 0 aliphatic carbocycles. The minimum atomic E-state index is -0.193. The fraction of sp³-hybridized carbons (Fsp3) is 0.0769. The van der Waals surface area contributed by atoms with E-state index in [-0.39, 0.29) is 5.91 Å². The van der Waals surface area contributed by atoms with Crippen LogP contribution in [0.4, 0.5) is 5.82 Å². The molecule has 92 valence electrons. The van der Waals surface area contributed by atoms with Gasteiger partial charge in [-0.25, -0.2) is 4.98 Å². The molecule has 0 fully saturated rings. The molecule has 0 saturated heterocycles. The molecule has 1 N–H and O–H groups in total. The second kappa shape index (κ2) is 5.63. The molecule has 0 unspecified atom stereocenters. The van der Waals surface area contributed by atoms with Crippen molar-refractivity contribution in [3.05, 3.63) is 56.6 Å². The third-order valence-electron chi connectivity index (χ3n) is 2.33. The Hall–Kier alpha value is -1.20. The van der Waals surface area contributed by atoms with Crippen molar-refractivity contribution in [3.8, 4) is 0 Å². The Balaban J connectivity index is 2.24. The van der Waals surface area contributed by atoms with E-state index in [9.17, 15) is 4.79 Å². The first-order valence-electron chi connectivity index (χ1n) is 5.25. The summed E-state index contributed by atoms with van der Waals surface area (Å²) in [5.41, 5.74) is 1.61. The van der Waals surface area contributed by atoms with Crippen LogP contribution in [0.3, 0.4) is 0 Å². The lowest BCUT2D eigenvalue weighted by Crippen LogP contribution is -2.13. The molecule has 0 saturated carbocycles. The fourth-order valence-corrected chi connectivity index (χ4v) is 2.25. The van der Waals surface area contributed by atoms with Crippen molar-refractivity contribution in [1.82, 2.24) is 4.98 Å². The van der Waals surface area contributed by atoms with Crippen molar-refractivity contribution in [2.45, 2.75) is 6.92 Å². The first-order chi connectivity index (χ1) is 8.56. The van der Waals surface area contributed by atoms with Gasteiger partial charge in [-0.3, -0.25) is 4.79 Å². The van der Waals surface area contributed by atoms with Crippen molar-refractivity contribution in [1.29, 1.82) is 0 Å². The number of anilines is 1. The summed E-state index contributed by atoms with van der Waals surface area (Å²) in [6.07, 6.45) is 1.67. The summed E-state index contributed by atoms with van der Waals surface area (Å²) in [7, 11) is 0. The van der Waals surface area contributed by atoms with Crippen LogP contribution in [-0.2, 0) is 0 Å². The van der Waals surface area contributed by atoms with Gasteiger partial charge in [0.2, 0.25) is 0 Å². The summed E-state index contributed by atoms with van der Waals surface area (Å²) in [5.74, 6) is 0.355. The maximum atomic E-state index is 12.1. The number of nitrogens with zero attached hydrogens (tertiary/aromatic N) is 1. The highest BCUT2D eigenvalue weighted by Gasteiger charge is 2.11. The molecule has 0 aliphatic rings. The van der Waals surface area contributed by atoms with Gasteiger partial charge in [0.25, 0.3) is 5.91 Å². The Kier molecular flexibility index (Phi) is 4.14. The Labute approximate surface area is 122 Å². The Morgan fingerprint density at radius 1 is 1.22 bits per heavy atom. The van der Waals surface area contributed by atoms with Gasteiger partial charge in [-0.05, 0) is 58.7 Å². The number of benzene rings is 1. The molecule has 0 atom stereocenters. The molecule has 18 heavy (non-hydrogen) atoms. The maximum Gasteiger partial charge on any atom is 0.258 e. The molecule has 1 heterocycles. The van der Waals surface area contributed by atoms with Crippen molar-refractivity contribution in [2.24, 2.45) is 0 Å². The molecular formula is C13H10Br2N2O. The van der Waals surface area contributed by atoms with Crippen LogP contribution >= 0.6 is 31.9 Å². The molecular weight excluding hydrogens is 360 g/mol. The number of amides is 1. The molecule has 0 bridgehead atoms. The number of nitrogens with one attached hydrogen (secondary N) is 1. The Bertz CT molecular complexity index is 599. The third-order valence-corrected chi connectivity index (χ3v) is 3.51. The van der Waals surface area contributed by atoms with Gasteiger partial charge in [0.1, 0.15) is 5.82 Å². The zero-order valence-electron chi connectivity index (χ0n) is 9.58. The molecule has 2 aromatic rings. The average Bonchev–Trinajstić information content (AvgIpc) is 2.32. The normalized spacial score (nSPS) is 10.2. The molecule has 2 rings (SSSR count). The summed E-state index contributed by atoms with van der Waals surface area (Å²) in [4.78, 5) is 16.2. The zero-order valence-corrected chi connectivity index (χ0v) is 12.7. The number of hydrogen-bond acceptors (Lipinski definition) is 2. The first-order valence-corrected chi connectivity index (χ1v) is 6.84. The van der Waals surface area contributed by atoms with Gasteiger partial charge in [-0.1, -0.05) is 15.9 Å². The van der Waals surface area contributed by atoms with Gasteiger partial charge in [0.05, 0.1) is 5.56 Å². The largest absolute Gasteiger partial charge is 0.307 e. The van der Waals surface area contributed by atoms with E-state index in [1.807, 2.05) is 31.2 Å². The van der Waals surface area contributed by atoms with E-state index >= 15 is 0 Å². The van der Waals surface area contributed by atoms with E-state index < -0.39 is 0 Å².